The van der Waals surface area contributed by atoms with Crippen LogP contribution < -0.4 is 9.47 Å². The van der Waals surface area contributed by atoms with Gasteiger partial charge in [-0.1, -0.05) is 35.9 Å². The number of hydrogen-bond acceptors (Lipinski definition) is 3. The fraction of sp³-hybridized carbons (Fsp3) is 0.208. The van der Waals surface area contributed by atoms with Crippen LogP contribution in [0.15, 0.2) is 60.7 Å². The first-order valence-electron chi connectivity index (χ1n) is 9.54. The molecule has 1 N–H and O–H groups in total. The molecule has 4 heteroatoms. The van der Waals surface area contributed by atoms with Gasteiger partial charge in [0.2, 0.25) is 0 Å². The van der Waals surface area contributed by atoms with Crippen molar-refractivity contribution in [2.75, 3.05) is 6.61 Å². The van der Waals surface area contributed by atoms with Gasteiger partial charge in [-0.3, -0.25) is 0 Å². The minimum atomic E-state index is 0.504. The molecule has 0 saturated heterocycles. The zero-order valence-corrected chi connectivity index (χ0v) is 16.5. The van der Waals surface area contributed by atoms with Crippen molar-refractivity contribution in [2.45, 2.75) is 27.4 Å². The van der Waals surface area contributed by atoms with Crippen LogP contribution in [-0.4, -0.2) is 16.6 Å². The lowest BCUT2D eigenvalue weighted by Gasteiger charge is -2.13. The summed E-state index contributed by atoms with van der Waals surface area (Å²) in [4.78, 5) is 8.10. The molecule has 4 nitrogen and oxygen atoms in total. The van der Waals surface area contributed by atoms with Gasteiger partial charge in [0.15, 0.2) is 11.5 Å². The van der Waals surface area contributed by atoms with E-state index in [0.717, 1.165) is 39.5 Å². The highest BCUT2D eigenvalue weighted by molar-refractivity contribution is 5.80. The van der Waals surface area contributed by atoms with Crippen molar-refractivity contribution in [3.8, 4) is 22.9 Å². The SMILES string of the molecule is CCOc1cc(-c2nc3ccc(C)cc3[nH]2)ccc1OCc1ccc(C)cc1. The molecule has 0 bridgehead atoms. The Kier molecular flexibility index (Phi) is 5.02. The third kappa shape index (κ3) is 3.86. The first kappa shape index (κ1) is 18.1. The maximum Gasteiger partial charge on any atom is 0.161 e. The molecule has 0 saturated carbocycles. The Morgan fingerprint density at radius 1 is 0.821 bits per heavy atom. The highest BCUT2D eigenvalue weighted by Gasteiger charge is 2.11. The number of aromatic nitrogens is 2. The van der Waals surface area contributed by atoms with Crippen LogP contribution in [0.4, 0.5) is 0 Å². The molecule has 0 spiro atoms. The Bertz CT molecular complexity index is 1100. The minimum Gasteiger partial charge on any atom is -0.490 e. The van der Waals surface area contributed by atoms with E-state index < -0.39 is 0 Å². The van der Waals surface area contributed by atoms with Gasteiger partial charge >= 0.3 is 0 Å². The summed E-state index contributed by atoms with van der Waals surface area (Å²) in [7, 11) is 0. The van der Waals surface area contributed by atoms with E-state index in [1.54, 1.807) is 0 Å². The van der Waals surface area contributed by atoms with Crippen molar-refractivity contribution in [1.82, 2.24) is 9.97 Å². The minimum absolute atomic E-state index is 0.504. The molecule has 0 radical (unpaired) electrons. The van der Waals surface area contributed by atoms with E-state index in [2.05, 4.69) is 55.2 Å². The van der Waals surface area contributed by atoms with E-state index in [9.17, 15) is 0 Å². The van der Waals surface area contributed by atoms with Crippen molar-refractivity contribution in [3.05, 3.63) is 77.4 Å². The summed E-state index contributed by atoms with van der Waals surface area (Å²) in [5.74, 6) is 2.29. The summed E-state index contributed by atoms with van der Waals surface area (Å²) in [5.41, 5.74) is 6.54. The van der Waals surface area contributed by atoms with E-state index in [0.29, 0.717) is 13.2 Å². The highest BCUT2D eigenvalue weighted by atomic mass is 16.5. The van der Waals surface area contributed by atoms with Gasteiger partial charge in [0.1, 0.15) is 12.4 Å². The summed E-state index contributed by atoms with van der Waals surface area (Å²) in [5, 5.41) is 0. The Balaban J connectivity index is 1.60. The monoisotopic (exact) mass is 372 g/mol. The second kappa shape index (κ2) is 7.77. The highest BCUT2D eigenvalue weighted by Crippen LogP contribution is 2.33. The van der Waals surface area contributed by atoms with E-state index in [1.807, 2.05) is 31.2 Å². The van der Waals surface area contributed by atoms with Crippen LogP contribution in [0.5, 0.6) is 11.5 Å². The molecule has 4 aromatic rings. The zero-order valence-electron chi connectivity index (χ0n) is 16.5. The fourth-order valence-corrected chi connectivity index (χ4v) is 3.15. The van der Waals surface area contributed by atoms with Gasteiger partial charge in [-0.15, -0.1) is 0 Å². The van der Waals surface area contributed by atoms with Crippen molar-refractivity contribution in [3.63, 3.8) is 0 Å². The van der Waals surface area contributed by atoms with Gasteiger partial charge in [0, 0.05) is 5.56 Å². The van der Waals surface area contributed by atoms with Crippen LogP contribution in [0.3, 0.4) is 0 Å². The third-order valence-corrected chi connectivity index (χ3v) is 4.67. The molecule has 1 heterocycles. The van der Waals surface area contributed by atoms with E-state index in [1.165, 1.54) is 11.1 Å². The molecule has 4 rings (SSSR count). The predicted molar refractivity (Wildman–Crippen MR) is 113 cm³/mol. The Labute approximate surface area is 165 Å². The number of aromatic amines is 1. The molecule has 0 aliphatic carbocycles. The number of aryl methyl sites for hydroxylation is 2. The number of H-pyrrole nitrogens is 1. The lowest BCUT2D eigenvalue weighted by Crippen LogP contribution is -2.00. The molecule has 0 atom stereocenters. The second-order valence-electron chi connectivity index (χ2n) is 6.97. The number of nitrogens with one attached hydrogen (secondary N) is 1. The Morgan fingerprint density at radius 3 is 2.39 bits per heavy atom. The summed E-state index contributed by atoms with van der Waals surface area (Å²) >= 11 is 0. The number of imidazole rings is 1. The molecular weight excluding hydrogens is 348 g/mol. The molecule has 0 unspecified atom stereocenters. The number of ether oxygens (including phenoxy) is 2. The maximum atomic E-state index is 6.03. The van der Waals surface area contributed by atoms with Crippen molar-refractivity contribution >= 4 is 11.0 Å². The lowest BCUT2D eigenvalue weighted by molar-refractivity contribution is 0.269. The van der Waals surface area contributed by atoms with Crippen LogP contribution in [-0.2, 0) is 6.61 Å². The molecule has 1 aromatic heterocycles. The Hall–Kier alpha value is -3.27. The van der Waals surface area contributed by atoms with Crippen molar-refractivity contribution < 1.29 is 9.47 Å². The fourth-order valence-electron chi connectivity index (χ4n) is 3.15. The van der Waals surface area contributed by atoms with E-state index >= 15 is 0 Å². The number of rotatable bonds is 6. The van der Waals surface area contributed by atoms with Gasteiger partial charge in [-0.2, -0.15) is 0 Å². The van der Waals surface area contributed by atoms with Crippen LogP contribution in [0.2, 0.25) is 0 Å². The number of fused-ring (bicyclic) bond motifs is 1. The van der Waals surface area contributed by atoms with Crippen molar-refractivity contribution in [2.24, 2.45) is 0 Å². The van der Waals surface area contributed by atoms with Crippen LogP contribution in [0.1, 0.15) is 23.6 Å². The third-order valence-electron chi connectivity index (χ3n) is 4.67. The molecule has 0 aliphatic rings. The summed E-state index contributed by atoms with van der Waals surface area (Å²) in [6, 6.07) is 20.5. The molecule has 3 aromatic carbocycles. The van der Waals surface area contributed by atoms with Gasteiger partial charge in [0.05, 0.1) is 17.6 Å². The predicted octanol–water partition coefficient (Wildman–Crippen LogP) is 5.82. The van der Waals surface area contributed by atoms with Crippen LogP contribution >= 0.6 is 0 Å². The zero-order chi connectivity index (χ0) is 19.5. The van der Waals surface area contributed by atoms with Crippen LogP contribution in [0, 0.1) is 13.8 Å². The van der Waals surface area contributed by atoms with E-state index in [4.69, 9.17) is 14.5 Å². The molecule has 0 amide bonds. The molecule has 28 heavy (non-hydrogen) atoms. The average molecular weight is 372 g/mol. The van der Waals surface area contributed by atoms with Crippen LogP contribution in [0.25, 0.3) is 22.4 Å². The smallest absolute Gasteiger partial charge is 0.161 e. The summed E-state index contributed by atoms with van der Waals surface area (Å²) < 4.78 is 11.9. The second-order valence-corrected chi connectivity index (χ2v) is 6.97. The molecule has 0 aliphatic heterocycles. The van der Waals surface area contributed by atoms with Gasteiger partial charge in [0.25, 0.3) is 0 Å². The van der Waals surface area contributed by atoms with Gasteiger partial charge < -0.3 is 14.5 Å². The first-order chi connectivity index (χ1) is 13.6. The molecular formula is C24H24N2O2. The summed E-state index contributed by atoms with van der Waals surface area (Å²) in [6.07, 6.45) is 0. The standard InChI is InChI=1S/C24H24N2O2/c1-4-27-23-14-19(24-25-20-11-7-17(3)13-21(20)26-24)10-12-22(23)28-15-18-8-5-16(2)6-9-18/h5-14H,4,15H2,1-3H3,(H,25,26). The first-order valence-corrected chi connectivity index (χ1v) is 9.54. The van der Waals surface area contributed by atoms with E-state index in [-0.39, 0.29) is 0 Å². The molecule has 0 fully saturated rings. The number of benzene rings is 3. The lowest BCUT2D eigenvalue weighted by atomic mass is 10.1. The topological polar surface area (TPSA) is 47.1 Å². The van der Waals surface area contributed by atoms with Crippen molar-refractivity contribution in [1.29, 1.82) is 0 Å². The number of nitrogens with zero attached hydrogens (tertiary/aromatic N) is 1. The maximum absolute atomic E-state index is 6.03. The quantitative estimate of drug-likeness (QED) is 0.463. The molecule has 142 valence electrons. The average Bonchev–Trinajstić information content (AvgIpc) is 3.11. The van der Waals surface area contributed by atoms with Gasteiger partial charge in [-0.05, 0) is 62.2 Å². The number of hydrogen-bond donors (Lipinski definition) is 1. The Morgan fingerprint density at radius 2 is 1.61 bits per heavy atom. The van der Waals surface area contributed by atoms with Gasteiger partial charge in [-0.25, -0.2) is 4.98 Å². The normalized spacial score (nSPS) is 11.0. The summed E-state index contributed by atoms with van der Waals surface area (Å²) in [6.45, 7) is 7.21. The largest absolute Gasteiger partial charge is 0.490 e.